The highest BCUT2D eigenvalue weighted by Gasteiger charge is 2.45. The molecule has 4 heterocycles. The van der Waals surface area contributed by atoms with E-state index in [1.54, 1.807) is 26.0 Å². The Bertz CT molecular complexity index is 2910. The van der Waals surface area contributed by atoms with E-state index in [1.807, 2.05) is 0 Å². The second-order valence-electron chi connectivity index (χ2n) is 22.9. The SMILES string of the molecule is CC[C@H](C)[C@@H]1CC(=O)CNC(=O)[C@H]2CC(=O)[C@H]([C@@H](C)[C@@H](O)CO)NC(=O)[C@@H]3C[C@@H](O)CN3C(=O)[C@H](CC(N)=O)NC(=O)[C@H](CS(=O)c3[nH]c4c(CSCCCCNC(=O)CCCCCNC(=O)CC(C)C(=O)O)c(OC)ccc4c3C2)NC(=O)CNC1=O. The molecule has 488 valence electrons. The molecule has 1 saturated heterocycles. The molecule has 1 aromatic heterocycles. The molecule has 3 aliphatic heterocycles. The van der Waals surface area contributed by atoms with Gasteiger partial charge in [-0.2, -0.15) is 11.8 Å². The molecule has 28 nitrogen and oxygen atoms in total. The number of H-pyrrole nitrogens is 1. The van der Waals surface area contributed by atoms with Crippen LogP contribution in [0.15, 0.2) is 17.2 Å². The third-order valence-corrected chi connectivity index (χ3v) is 18.8. The van der Waals surface area contributed by atoms with Crippen molar-refractivity contribution in [2.45, 2.75) is 158 Å². The summed E-state index contributed by atoms with van der Waals surface area (Å²) < 4.78 is 21.1. The smallest absolute Gasteiger partial charge is 0.306 e. The van der Waals surface area contributed by atoms with Gasteiger partial charge in [0.05, 0.1) is 79.5 Å². The van der Waals surface area contributed by atoms with Crippen LogP contribution in [0.3, 0.4) is 0 Å². The van der Waals surface area contributed by atoms with Gasteiger partial charge in [0.15, 0.2) is 11.6 Å². The van der Waals surface area contributed by atoms with Gasteiger partial charge in [0.1, 0.15) is 28.9 Å². The third kappa shape index (κ3) is 20.5. The molecule has 2 aromatic rings. The molecular formula is C58H86N10O18S2. The number of carbonyl (C=O) groups excluding carboxylic acids is 11. The van der Waals surface area contributed by atoms with E-state index in [0.717, 1.165) is 4.90 Å². The number of nitrogens with two attached hydrogens (primary N) is 1. The van der Waals surface area contributed by atoms with Gasteiger partial charge in [-0.1, -0.05) is 40.5 Å². The Labute approximate surface area is 516 Å². The van der Waals surface area contributed by atoms with E-state index >= 15 is 4.21 Å². The molecule has 0 spiro atoms. The molecule has 5 rings (SSSR count). The summed E-state index contributed by atoms with van der Waals surface area (Å²) in [6.45, 7) is 4.32. The van der Waals surface area contributed by atoms with Gasteiger partial charge in [-0.05, 0) is 61.5 Å². The number of rotatable bonds is 24. The number of aliphatic carboxylic acids is 1. The van der Waals surface area contributed by atoms with Crippen LogP contribution in [0.25, 0.3) is 10.9 Å². The van der Waals surface area contributed by atoms with Crippen molar-refractivity contribution in [3.05, 3.63) is 23.3 Å². The molecule has 0 aliphatic carbocycles. The van der Waals surface area contributed by atoms with Gasteiger partial charge < -0.3 is 78.0 Å². The minimum Gasteiger partial charge on any atom is -0.496 e. The molecule has 0 radical (unpaired) electrons. The van der Waals surface area contributed by atoms with E-state index in [0.29, 0.717) is 79.6 Å². The number of amides is 9. The number of benzene rings is 1. The van der Waals surface area contributed by atoms with E-state index in [4.69, 9.17) is 15.6 Å². The number of nitrogens with zero attached hydrogens (tertiary/aromatic N) is 1. The fourth-order valence-corrected chi connectivity index (χ4v) is 13.2. The van der Waals surface area contributed by atoms with Crippen LogP contribution in [0.4, 0.5) is 0 Å². The van der Waals surface area contributed by atoms with E-state index in [1.165, 1.54) is 32.7 Å². The normalized spacial score (nSPS) is 24.3. The standard InChI is InChI=1S/C58H86N10O18S2/c1-6-30(2)37-21-34(70)24-62-52(78)33-19-38-36-13-14-45(86-5)39(28-87-17-11-10-16-60-47(75)12-8-7-9-15-61-48(76)18-31(3)58(83)84)51(36)67-56(38)88(85)29-41(64-49(77)25-63-53(37)79)54(80)65-40(23-46(59)74)57(82)68-26-35(71)22-42(68)55(81)66-50(43(72)20-33)32(4)44(73)27-69/h13-14,30-33,35,37,40-42,44,50,67,69,71,73H,6-12,15-29H2,1-5H3,(H2,59,74)(H,60,75)(H,61,76)(H,62,78)(H,63,79)(H,64,77)(H,65,80)(H,66,81)(H,83,84)/t30-,31?,32-,33+,35+,37-,40-,41-,42-,44-,50-,88?/m0/s1. The lowest BCUT2D eigenvalue weighted by molar-refractivity contribution is -0.144. The van der Waals surface area contributed by atoms with Gasteiger partial charge in [0.2, 0.25) is 53.2 Å². The maximum absolute atomic E-state index is 15.3. The van der Waals surface area contributed by atoms with E-state index in [9.17, 15) is 72.9 Å². The number of ketones is 2. The number of hydrogen-bond acceptors (Lipinski definition) is 18. The first-order valence-electron chi connectivity index (χ1n) is 29.8. The van der Waals surface area contributed by atoms with Crippen molar-refractivity contribution >= 4 is 104 Å². The highest BCUT2D eigenvalue weighted by Crippen LogP contribution is 2.37. The van der Waals surface area contributed by atoms with Crippen molar-refractivity contribution in [3.63, 3.8) is 0 Å². The number of fused-ring (bicyclic) bond motifs is 5. The molecular weight excluding hydrogens is 1190 g/mol. The van der Waals surface area contributed by atoms with Crippen LogP contribution >= 0.6 is 11.8 Å². The van der Waals surface area contributed by atoms with Crippen LogP contribution in [-0.2, 0) is 80.5 Å². The van der Waals surface area contributed by atoms with Crippen molar-refractivity contribution in [1.82, 2.24) is 47.1 Å². The number of primary amides is 1. The van der Waals surface area contributed by atoms with Gasteiger partial charge in [0, 0.05) is 86.2 Å². The first-order valence-corrected chi connectivity index (χ1v) is 32.2. The number of carboxylic acids is 1. The molecule has 3 aliphatic rings. The summed E-state index contributed by atoms with van der Waals surface area (Å²) in [6.07, 6.45) is -2.02. The number of aromatic nitrogens is 1. The third-order valence-electron chi connectivity index (χ3n) is 16.2. The molecule has 0 saturated carbocycles. The van der Waals surface area contributed by atoms with Gasteiger partial charge >= 0.3 is 5.97 Å². The number of carboxylic acid groups (broad SMARTS) is 1. The van der Waals surface area contributed by atoms with Crippen molar-refractivity contribution in [2.75, 3.05) is 57.9 Å². The lowest BCUT2D eigenvalue weighted by Crippen LogP contribution is -2.60. The number of ether oxygens (including phenoxy) is 1. The Kier molecular flexibility index (Phi) is 28.3. The summed E-state index contributed by atoms with van der Waals surface area (Å²) >= 11 is 1.50. The number of carbonyl (C=O) groups is 12. The van der Waals surface area contributed by atoms with Gasteiger partial charge in [0.25, 0.3) is 0 Å². The maximum Gasteiger partial charge on any atom is 0.306 e. The highest BCUT2D eigenvalue weighted by molar-refractivity contribution is 7.98. The van der Waals surface area contributed by atoms with Crippen molar-refractivity contribution in [3.8, 4) is 5.75 Å². The van der Waals surface area contributed by atoms with E-state index < -0.39 is 193 Å². The highest BCUT2D eigenvalue weighted by atomic mass is 32.2. The quantitative estimate of drug-likeness (QED) is 0.0531. The molecule has 88 heavy (non-hydrogen) atoms. The number of Topliss-reactive ketones (excluding diaryl/α,β-unsaturated/α-hetero) is 2. The summed E-state index contributed by atoms with van der Waals surface area (Å²) in [5, 5.41) is 59.5. The summed E-state index contributed by atoms with van der Waals surface area (Å²) in [5.41, 5.74) is 6.72. The van der Waals surface area contributed by atoms with E-state index in [2.05, 4.69) is 42.2 Å². The number of methoxy groups -OCH3 is 1. The van der Waals surface area contributed by atoms with Crippen LogP contribution < -0.4 is 47.7 Å². The largest absolute Gasteiger partial charge is 0.496 e. The summed E-state index contributed by atoms with van der Waals surface area (Å²) in [5.74, 6) is -14.4. The number of aliphatic hydroxyl groups excluding tert-OH is 3. The zero-order valence-corrected chi connectivity index (χ0v) is 52.0. The van der Waals surface area contributed by atoms with Crippen molar-refractivity contribution in [1.29, 1.82) is 0 Å². The average Bonchev–Trinajstić information content (AvgIpc) is 2.28. The Balaban J connectivity index is 1.54. The monoisotopic (exact) mass is 1270 g/mol. The summed E-state index contributed by atoms with van der Waals surface area (Å²) in [7, 11) is -0.969. The Morgan fingerprint density at radius 1 is 0.864 bits per heavy atom. The first kappa shape index (κ1) is 71.7. The number of unbranched alkanes of at least 4 members (excludes halogenated alkanes) is 3. The molecule has 9 amide bonds. The number of hydrogen-bond donors (Lipinski definition) is 13. The Morgan fingerprint density at radius 3 is 2.23 bits per heavy atom. The van der Waals surface area contributed by atoms with Crippen LogP contribution in [0, 0.1) is 29.6 Å². The van der Waals surface area contributed by atoms with Gasteiger partial charge in [-0.15, -0.1) is 0 Å². The molecule has 30 heteroatoms. The second-order valence-corrected chi connectivity index (χ2v) is 25.5. The Morgan fingerprint density at radius 2 is 1.56 bits per heavy atom. The molecule has 14 N–H and O–H groups in total. The molecule has 1 aromatic carbocycles. The first-order chi connectivity index (χ1) is 41.8. The number of nitrogens with one attached hydrogen (secondary N) is 8. The number of aromatic amines is 1. The topological polar surface area (TPSA) is 441 Å². The lowest BCUT2D eigenvalue weighted by atomic mass is 9.85. The summed E-state index contributed by atoms with van der Waals surface area (Å²) in [6, 6.07) is -3.67. The predicted molar refractivity (Wildman–Crippen MR) is 321 cm³/mol. The molecule has 1 fully saturated rings. The van der Waals surface area contributed by atoms with Crippen molar-refractivity contribution in [2.24, 2.45) is 35.3 Å². The van der Waals surface area contributed by atoms with Gasteiger partial charge in [-0.3, -0.25) is 61.7 Å². The zero-order valence-electron chi connectivity index (χ0n) is 50.4. The van der Waals surface area contributed by atoms with Gasteiger partial charge in [-0.25, -0.2) is 0 Å². The fraction of sp³-hybridized carbons (Fsp3) is 0.655. The second kappa shape index (κ2) is 34.7. The van der Waals surface area contributed by atoms with Crippen LogP contribution in [0.5, 0.6) is 5.75 Å². The molecule has 2 bridgehead atoms. The number of aliphatic hydroxyl groups is 3. The number of thioether (sulfide) groups is 1. The fourth-order valence-electron chi connectivity index (χ4n) is 10.8. The van der Waals surface area contributed by atoms with Crippen LogP contribution in [0.1, 0.15) is 116 Å². The zero-order chi connectivity index (χ0) is 64.9. The maximum atomic E-state index is 15.3. The minimum atomic E-state index is -2.41. The summed E-state index contributed by atoms with van der Waals surface area (Å²) in [4.78, 5) is 167. The predicted octanol–water partition coefficient (Wildman–Crippen LogP) is -1.52. The van der Waals surface area contributed by atoms with E-state index in [-0.39, 0.29) is 47.4 Å². The minimum absolute atomic E-state index is 0.0902. The average molecular weight is 1280 g/mol. The Hall–Kier alpha value is -7.02. The molecule has 12 atom stereocenters. The van der Waals surface area contributed by atoms with Crippen LogP contribution in [0.2, 0.25) is 0 Å². The van der Waals surface area contributed by atoms with Crippen molar-refractivity contribution < 1.29 is 86.9 Å². The molecule has 2 unspecified atom stereocenters. The lowest BCUT2D eigenvalue weighted by Gasteiger charge is -2.32. The van der Waals surface area contributed by atoms with Crippen LogP contribution in [-0.4, -0.2) is 200 Å².